The molecule has 4 nitrogen and oxygen atoms in total. The second kappa shape index (κ2) is 4.28. The van der Waals surface area contributed by atoms with E-state index in [-0.39, 0.29) is 12.5 Å². The number of hydrogen-bond acceptors (Lipinski definition) is 3. The number of carbonyl (C=O) groups is 1. The van der Waals surface area contributed by atoms with E-state index in [9.17, 15) is 4.79 Å². The van der Waals surface area contributed by atoms with Crippen molar-refractivity contribution in [3.8, 4) is 0 Å². The van der Waals surface area contributed by atoms with Gasteiger partial charge in [0.1, 0.15) is 5.54 Å². The Labute approximate surface area is 84.5 Å². The molecule has 0 amide bonds. The molecule has 1 aliphatic rings. The number of rotatable bonds is 4. The van der Waals surface area contributed by atoms with Crippen LogP contribution in [0.5, 0.6) is 0 Å². The van der Waals surface area contributed by atoms with Crippen molar-refractivity contribution >= 4 is 5.97 Å². The minimum atomic E-state index is -0.750. The van der Waals surface area contributed by atoms with E-state index in [1.54, 1.807) is 6.92 Å². The van der Waals surface area contributed by atoms with Crippen LogP contribution in [0.25, 0.3) is 0 Å². The zero-order valence-corrected chi connectivity index (χ0v) is 8.86. The van der Waals surface area contributed by atoms with E-state index in [2.05, 4.69) is 0 Å². The Bertz CT molecular complexity index is 219. The van der Waals surface area contributed by atoms with Gasteiger partial charge in [-0.15, -0.1) is 0 Å². The Morgan fingerprint density at radius 2 is 2.29 bits per heavy atom. The fraction of sp³-hybridized carbons (Fsp3) is 0.900. The first-order valence-electron chi connectivity index (χ1n) is 5.10. The fourth-order valence-corrected chi connectivity index (χ4v) is 1.99. The van der Waals surface area contributed by atoms with E-state index in [4.69, 9.17) is 10.2 Å². The van der Waals surface area contributed by atoms with Gasteiger partial charge in [0.05, 0.1) is 0 Å². The molecule has 4 heteroatoms. The molecule has 2 atom stereocenters. The average Bonchev–Trinajstić information content (AvgIpc) is 2.49. The molecule has 0 saturated carbocycles. The number of nitrogens with zero attached hydrogens (tertiary/aromatic N) is 1. The zero-order valence-electron chi connectivity index (χ0n) is 8.86. The lowest BCUT2D eigenvalue weighted by Crippen LogP contribution is -2.49. The summed E-state index contributed by atoms with van der Waals surface area (Å²) in [7, 11) is 0. The molecular formula is C10H19NO3. The normalized spacial score (nSPS) is 30.5. The number of aliphatic carboxylic acids is 1. The second-order valence-electron chi connectivity index (χ2n) is 4.42. The molecule has 0 aromatic carbocycles. The van der Waals surface area contributed by atoms with Gasteiger partial charge in [-0.1, -0.05) is 6.92 Å². The van der Waals surface area contributed by atoms with Crippen LogP contribution in [0.1, 0.15) is 26.7 Å². The molecule has 0 aromatic heterocycles. The van der Waals surface area contributed by atoms with Crippen LogP contribution >= 0.6 is 0 Å². The summed E-state index contributed by atoms with van der Waals surface area (Å²) in [6.45, 7) is 5.31. The fourth-order valence-electron chi connectivity index (χ4n) is 1.99. The van der Waals surface area contributed by atoms with Crippen LogP contribution in [-0.2, 0) is 4.79 Å². The summed E-state index contributed by atoms with van der Waals surface area (Å²) in [6.07, 6.45) is 1.64. The van der Waals surface area contributed by atoms with Crippen LogP contribution in [0.15, 0.2) is 0 Å². The maximum Gasteiger partial charge on any atom is 0.323 e. The molecule has 2 unspecified atom stereocenters. The lowest BCUT2D eigenvalue weighted by molar-refractivity contribution is -0.149. The highest BCUT2D eigenvalue weighted by atomic mass is 16.4. The molecule has 0 aromatic rings. The Morgan fingerprint density at radius 3 is 2.79 bits per heavy atom. The SMILES string of the molecule is CC(CO)CN1CCCC1(C)C(=O)O. The van der Waals surface area contributed by atoms with E-state index in [0.717, 1.165) is 13.0 Å². The Kier molecular flexibility index (Phi) is 3.50. The summed E-state index contributed by atoms with van der Waals surface area (Å²) in [4.78, 5) is 13.1. The molecule has 0 bridgehead atoms. The van der Waals surface area contributed by atoms with Gasteiger partial charge < -0.3 is 10.2 Å². The van der Waals surface area contributed by atoms with Crippen LogP contribution in [-0.4, -0.2) is 46.3 Å². The van der Waals surface area contributed by atoms with Crippen LogP contribution in [0.2, 0.25) is 0 Å². The van der Waals surface area contributed by atoms with Crippen LogP contribution in [0.3, 0.4) is 0 Å². The number of aliphatic hydroxyl groups excluding tert-OH is 1. The van der Waals surface area contributed by atoms with Gasteiger partial charge in [0.15, 0.2) is 0 Å². The summed E-state index contributed by atoms with van der Waals surface area (Å²) < 4.78 is 0. The van der Waals surface area contributed by atoms with Gasteiger partial charge in [0, 0.05) is 13.2 Å². The minimum absolute atomic E-state index is 0.117. The molecular weight excluding hydrogens is 182 g/mol. The van der Waals surface area contributed by atoms with E-state index in [1.165, 1.54) is 0 Å². The summed E-state index contributed by atoms with van der Waals surface area (Å²) in [6, 6.07) is 0. The monoisotopic (exact) mass is 201 g/mol. The van der Waals surface area contributed by atoms with Crippen molar-refractivity contribution in [1.82, 2.24) is 4.90 Å². The molecule has 1 rings (SSSR count). The van der Waals surface area contributed by atoms with E-state index in [1.807, 2.05) is 11.8 Å². The maximum absolute atomic E-state index is 11.1. The quantitative estimate of drug-likeness (QED) is 0.697. The topological polar surface area (TPSA) is 60.8 Å². The molecule has 0 radical (unpaired) electrons. The lowest BCUT2D eigenvalue weighted by Gasteiger charge is -2.32. The summed E-state index contributed by atoms with van der Waals surface area (Å²) >= 11 is 0. The maximum atomic E-state index is 11.1. The van der Waals surface area contributed by atoms with Gasteiger partial charge in [-0.25, -0.2) is 0 Å². The molecule has 2 N–H and O–H groups in total. The molecule has 1 heterocycles. The predicted molar refractivity (Wildman–Crippen MR) is 53.1 cm³/mol. The second-order valence-corrected chi connectivity index (χ2v) is 4.42. The number of carboxylic acids is 1. The number of aliphatic hydroxyl groups is 1. The standard InChI is InChI=1S/C10H19NO3/c1-8(7-12)6-11-5-3-4-10(11,2)9(13)14/h8,12H,3-7H2,1-2H3,(H,13,14). The molecule has 1 fully saturated rings. The van der Waals surface area contributed by atoms with Crippen molar-refractivity contribution in [2.75, 3.05) is 19.7 Å². The van der Waals surface area contributed by atoms with E-state index in [0.29, 0.717) is 13.0 Å². The van der Waals surface area contributed by atoms with E-state index < -0.39 is 11.5 Å². The van der Waals surface area contributed by atoms with Gasteiger partial charge >= 0.3 is 5.97 Å². The van der Waals surface area contributed by atoms with Gasteiger partial charge in [0.25, 0.3) is 0 Å². The third-order valence-electron chi connectivity index (χ3n) is 3.09. The first-order valence-corrected chi connectivity index (χ1v) is 5.10. The Balaban J connectivity index is 2.64. The van der Waals surface area contributed by atoms with Crippen LogP contribution in [0.4, 0.5) is 0 Å². The van der Waals surface area contributed by atoms with Gasteiger partial charge in [-0.05, 0) is 32.2 Å². The molecule has 1 aliphatic heterocycles. The first kappa shape index (κ1) is 11.5. The van der Waals surface area contributed by atoms with Crippen molar-refractivity contribution in [3.05, 3.63) is 0 Å². The Morgan fingerprint density at radius 1 is 1.64 bits per heavy atom. The largest absolute Gasteiger partial charge is 0.480 e. The number of hydrogen-bond donors (Lipinski definition) is 2. The number of likely N-dealkylation sites (tertiary alicyclic amines) is 1. The van der Waals surface area contributed by atoms with Gasteiger partial charge in [-0.2, -0.15) is 0 Å². The number of carboxylic acid groups (broad SMARTS) is 1. The lowest BCUT2D eigenvalue weighted by atomic mass is 9.98. The van der Waals surface area contributed by atoms with Crippen LogP contribution in [0, 0.1) is 5.92 Å². The van der Waals surface area contributed by atoms with Crippen molar-refractivity contribution in [3.63, 3.8) is 0 Å². The van der Waals surface area contributed by atoms with Crippen molar-refractivity contribution in [2.24, 2.45) is 5.92 Å². The average molecular weight is 201 g/mol. The predicted octanol–water partition coefficient (Wildman–Crippen LogP) is 0.554. The minimum Gasteiger partial charge on any atom is -0.480 e. The first-order chi connectivity index (χ1) is 6.50. The van der Waals surface area contributed by atoms with Crippen molar-refractivity contribution < 1.29 is 15.0 Å². The highest BCUT2D eigenvalue weighted by Gasteiger charge is 2.43. The smallest absolute Gasteiger partial charge is 0.323 e. The summed E-state index contributed by atoms with van der Waals surface area (Å²) in [5, 5.41) is 18.1. The summed E-state index contributed by atoms with van der Waals surface area (Å²) in [5.74, 6) is -0.605. The highest BCUT2D eigenvalue weighted by molar-refractivity contribution is 5.78. The third-order valence-corrected chi connectivity index (χ3v) is 3.09. The molecule has 0 spiro atoms. The third kappa shape index (κ3) is 2.07. The molecule has 14 heavy (non-hydrogen) atoms. The van der Waals surface area contributed by atoms with Crippen LogP contribution < -0.4 is 0 Å². The van der Waals surface area contributed by atoms with Crippen molar-refractivity contribution in [2.45, 2.75) is 32.2 Å². The van der Waals surface area contributed by atoms with Gasteiger partial charge in [0.2, 0.25) is 0 Å². The van der Waals surface area contributed by atoms with E-state index >= 15 is 0 Å². The van der Waals surface area contributed by atoms with Gasteiger partial charge in [-0.3, -0.25) is 9.69 Å². The molecule has 82 valence electrons. The molecule has 0 aliphatic carbocycles. The Hall–Kier alpha value is -0.610. The van der Waals surface area contributed by atoms with Crippen molar-refractivity contribution in [1.29, 1.82) is 0 Å². The highest BCUT2D eigenvalue weighted by Crippen LogP contribution is 2.29. The zero-order chi connectivity index (χ0) is 10.8. The molecule has 1 saturated heterocycles. The summed E-state index contributed by atoms with van der Waals surface area (Å²) in [5.41, 5.74) is -0.719.